The number of carbonyl (C=O) groups excluding carboxylic acids is 1. The molecule has 18 heavy (non-hydrogen) atoms. The molecular formula is C14H27N3O. The van der Waals surface area contributed by atoms with Gasteiger partial charge in [-0.25, -0.2) is 0 Å². The van der Waals surface area contributed by atoms with E-state index in [2.05, 4.69) is 17.3 Å². The van der Waals surface area contributed by atoms with Gasteiger partial charge in [0.2, 0.25) is 0 Å². The normalized spacial score (nSPS) is 13.7. The van der Waals surface area contributed by atoms with Crippen LogP contribution in [-0.2, 0) is 4.79 Å². The Morgan fingerprint density at radius 3 is 1.78 bits per heavy atom. The molecule has 0 spiro atoms. The molecule has 0 saturated carbocycles. The van der Waals surface area contributed by atoms with Gasteiger partial charge in [0, 0.05) is 31.9 Å². The molecule has 4 heteroatoms. The fraction of sp³-hybridized carbons (Fsp3) is 0.500. The lowest BCUT2D eigenvalue weighted by atomic mass is 10.3. The summed E-state index contributed by atoms with van der Waals surface area (Å²) < 4.78 is 0. The van der Waals surface area contributed by atoms with Gasteiger partial charge in [0.15, 0.2) is 0 Å². The third kappa shape index (κ3) is 12.7. The Balaban J connectivity index is 0. The molecule has 0 aromatic heterocycles. The Bertz CT molecular complexity index is 248. The molecule has 1 aromatic carbocycles. The summed E-state index contributed by atoms with van der Waals surface area (Å²) in [5, 5.41) is 3.27. The van der Waals surface area contributed by atoms with Gasteiger partial charge in [0.05, 0.1) is 0 Å². The maximum Gasteiger partial charge on any atom is 0.106 e. The number of nitrogen functional groups attached to an aromatic ring is 1. The van der Waals surface area contributed by atoms with Crippen molar-refractivity contribution in [3.63, 3.8) is 0 Å². The van der Waals surface area contributed by atoms with Gasteiger partial charge in [-0.3, -0.25) is 0 Å². The molecule has 0 amide bonds. The summed E-state index contributed by atoms with van der Waals surface area (Å²) in [6, 6.07) is 9.49. The van der Waals surface area contributed by atoms with Gasteiger partial charge in [0.1, 0.15) is 6.79 Å². The number of hydrogen-bond donors (Lipinski definition) is 2. The summed E-state index contributed by atoms with van der Waals surface area (Å²) in [6.45, 7) is 10.7. The van der Waals surface area contributed by atoms with Crippen molar-refractivity contribution in [1.82, 2.24) is 10.2 Å². The Morgan fingerprint density at radius 1 is 1.11 bits per heavy atom. The molecule has 0 bridgehead atoms. The number of nitrogens with two attached hydrogens (primary N) is 1. The molecule has 1 saturated heterocycles. The molecule has 1 fully saturated rings. The van der Waals surface area contributed by atoms with Crippen LogP contribution in [0.25, 0.3) is 0 Å². The Kier molecular flexibility index (Phi) is 16.4. The molecule has 0 radical (unpaired) electrons. The highest BCUT2D eigenvalue weighted by molar-refractivity contribution is 5.35. The van der Waals surface area contributed by atoms with E-state index in [1.165, 1.54) is 13.1 Å². The average Bonchev–Trinajstić information content (AvgIpc) is 2.46. The van der Waals surface area contributed by atoms with E-state index < -0.39 is 0 Å². The van der Waals surface area contributed by atoms with E-state index in [1.54, 1.807) is 0 Å². The Hall–Kier alpha value is -1.39. The summed E-state index contributed by atoms with van der Waals surface area (Å²) in [4.78, 5) is 10.3. The van der Waals surface area contributed by atoms with Crippen LogP contribution in [0.15, 0.2) is 30.3 Å². The van der Waals surface area contributed by atoms with Crippen LogP contribution < -0.4 is 11.1 Å². The minimum absolute atomic E-state index is 0.822. The number of piperazine rings is 1. The lowest BCUT2D eigenvalue weighted by Crippen LogP contribution is -2.40. The monoisotopic (exact) mass is 253 g/mol. The predicted octanol–water partition coefficient (Wildman–Crippen LogP) is 1.63. The number of carbonyl (C=O) groups is 1. The molecule has 1 aliphatic heterocycles. The van der Waals surface area contributed by atoms with E-state index in [4.69, 9.17) is 10.5 Å². The van der Waals surface area contributed by atoms with Crippen molar-refractivity contribution in [3.8, 4) is 0 Å². The molecule has 3 N–H and O–H groups in total. The van der Waals surface area contributed by atoms with Crippen molar-refractivity contribution in [2.24, 2.45) is 0 Å². The summed E-state index contributed by atoms with van der Waals surface area (Å²) >= 11 is 0. The summed E-state index contributed by atoms with van der Waals surface area (Å²) in [7, 11) is 2.15. The molecular weight excluding hydrogens is 226 g/mol. The van der Waals surface area contributed by atoms with Crippen molar-refractivity contribution in [1.29, 1.82) is 0 Å². The number of benzene rings is 1. The van der Waals surface area contributed by atoms with Crippen LogP contribution in [-0.4, -0.2) is 44.9 Å². The molecule has 2 rings (SSSR count). The van der Waals surface area contributed by atoms with Crippen LogP contribution in [0.3, 0.4) is 0 Å². The van der Waals surface area contributed by atoms with Crippen molar-refractivity contribution < 1.29 is 4.79 Å². The highest BCUT2D eigenvalue weighted by Crippen LogP contribution is 1.95. The number of para-hydroxylation sites is 1. The van der Waals surface area contributed by atoms with E-state index in [0.717, 1.165) is 18.8 Å². The fourth-order valence-electron chi connectivity index (χ4n) is 1.23. The van der Waals surface area contributed by atoms with Gasteiger partial charge < -0.3 is 20.7 Å². The van der Waals surface area contributed by atoms with Crippen LogP contribution in [0.1, 0.15) is 13.8 Å². The topological polar surface area (TPSA) is 58.4 Å². The third-order valence-corrected chi connectivity index (χ3v) is 2.14. The SMILES string of the molecule is C=O.CC.CN1CCNCC1.Nc1ccccc1. The first-order chi connectivity index (χ1) is 8.79. The van der Waals surface area contributed by atoms with Crippen LogP contribution in [0, 0.1) is 0 Å². The van der Waals surface area contributed by atoms with Crippen molar-refractivity contribution >= 4 is 12.5 Å². The second-order valence-corrected chi connectivity index (χ2v) is 3.46. The zero-order chi connectivity index (χ0) is 14.2. The largest absolute Gasteiger partial charge is 0.399 e. The number of rotatable bonds is 0. The van der Waals surface area contributed by atoms with Crippen molar-refractivity contribution in [3.05, 3.63) is 30.3 Å². The van der Waals surface area contributed by atoms with E-state index >= 15 is 0 Å². The summed E-state index contributed by atoms with van der Waals surface area (Å²) in [6.07, 6.45) is 0. The molecule has 1 aromatic rings. The average molecular weight is 253 g/mol. The highest BCUT2D eigenvalue weighted by Gasteiger charge is 2.01. The van der Waals surface area contributed by atoms with Gasteiger partial charge in [-0.15, -0.1) is 0 Å². The predicted molar refractivity (Wildman–Crippen MR) is 79.7 cm³/mol. The fourth-order valence-corrected chi connectivity index (χ4v) is 1.23. The van der Waals surface area contributed by atoms with Crippen LogP contribution >= 0.6 is 0 Å². The van der Waals surface area contributed by atoms with E-state index in [1.807, 2.05) is 51.0 Å². The molecule has 1 heterocycles. The standard InChI is InChI=1S/C6H7N.C5H12N2.C2H6.CH2O/c7-6-4-2-1-3-5-6;1-7-4-2-6-3-5-7;2*1-2/h1-5H,7H2;6H,2-5H2,1H3;1-2H3;1H2. The van der Waals surface area contributed by atoms with Gasteiger partial charge in [-0.05, 0) is 19.2 Å². The van der Waals surface area contributed by atoms with Crippen LogP contribution in [0.2, 0.25) is 0 Å². The maximum atomic E-state index is 8.00. The highest BCUT2D eigenvalue weighted by atomic mass is 16.1. The second kappa shape index (κ2) is 15.6. The molecule has 0 unspecified atom stereocenters. The minimum Gasteiger partial charge on any atom is -0.399 e. The second-order valence-electron chi connectivity index (χ2n) is 3.46. The van der Waals surface area contributed by atoms with Gasteiger partial charge >= 0.3 is 0 Å². The van der Waals surface area contributed by atoms with Gasteiger partial charge in [-0.1, -0.05) is 32.0 Å². The number of nitrogens with zero attached hydrogens (tertiary/aromatic N) is 1. The maximum absolute atomic E-state index is 8.00. The quantitative estimate of drug-likeness (QED) is 0.690. The van der Waals surface area contributed by atoms with E-state index in [-0.39, 0.29) is 0 Å². The van der Waals surface area contributed by atoms with Crippen LogP contribution in [0.4, 0.5) is 5.69 Å². The Labute approximate surface area is 111 Å². The van der Waals surface area contributed by atoms with Gasteiger partial charge in [-0.2, -0.15) is 0 Å². The molecule has 104 valence electrons. The van der Waals surface area contributed by atoms with Crippen LogP contribution in [0.5, 0.6) is 0 Å². The number of hydrogen-bond acceptors (Lipinski definition) is 4. The Morgan fingerprint density at radius 2 is 1.56 bits per heavy atom. The van der Waals surface area contributed by atoms with Gasteiger partial charge in [0.25, 0.3) is 0 Å². The number of nitrogens with one attached hydrogen (secondary N) is 1. The van der Waals surface area contributed by atoms with Crippen molar-refractivity contribution in [2.45, 2.75) is 13.8 Å². The summed E-state index contributed by atoms with van der Waals surface area (Å²) in [5.74, 6) is 0. The smallest absolute Gasteiger partial charge is 0.106 e. The molecule has 0 aliphatic carbocycles. The number of likely N-dealkylation sites (N-methyl/N-ethyl adjacent to an activating group) is 1. The number of anilines is 1. The molecule has 0 atom stereocenters. The van der Waals surface area contributed by atoms with Crippen molar-refractivity contribution in [2.75, 3.05) is 39.0 Å². The first-order valence-corrected chi connectivity index (χ1v) is 6.27. The lowest BCUT2D eigenvalue weighted by molar-refractivity contribution is -0.0979. The zero-order valence-electron chi connectivity index (χ0n) is 11.9. The molecule has 1 aliphatic rings. The molecule has 4 nitrogen and oxygen atoms in total. The minimum atomic E-state index is 0.822. The summed E-state index contributed by atoms with van der Waals surface area (Å²) in [5.41, 5.74) is 6.18. The first kappa shape index (κ1) is 19.0. The lowest BCUT2D eigenvalue weighted by Gasteiger charge is -2.21. The van der Waals surface area contributed by atoms with E-state index in [0.29, 0.717) is 0 Å². The third-order valence-electron chi connectivity index (χ3n) is 2.14. The van der Waals surface area contributed by atoms with E-state index in [9.17, 15) is 0 Å². The zero-order valence-corrected chi connectivity index (χ0v) is 11.9. The first-order valence-electron chi connectivity index (χ1n) is 6.27.